The summed E-state index contributed by atoms with van der Waals surface area (Å²) < 4.78 is 0. The summed E-state index contributed by atoms with van der Waals surface area (Å²) in [5, 5.41) is 2.51. The molecule has 0 spiro atoms. The number of aliphatic imine (C=N–C) groups is 1. The van der Waals surface area contributed by atoms with Gasteiger partial charge in [0.15, 0.2) is 6.17 Å². The predicted octanol–water partition coefficient (Wildman–Crippen LogP) is -0.394. The van der Waals surface area contributed by atoms with E-state index in [0.29, 0.717) is 13.0 Å². The summed E-state index contributed by atoms with van der Waals surface area (Å²) in [6.07, 6.45) is 3.54. The van der Waals surface area contributed by atoms with E-state index in [1.54, 1.807) is 4.90 Å². The second-order valence-corrected chi connectivity index (χ2v) is 2.78. The number of nitrogens with zero attached hydrogens (tertiary/aromatic N) is 2. The fourth-order valence-corrected chi connectivity index (χ4v) is 1.39. The third-order valence-corrected chi connectivity index (χ3v) is 1.97. The molecule has 5 nitrogen and oxygen atoms in total. The highest BCUT2D eigenvalue weighted by atomic mass is 16.2. The van der Waals surface area contributed by atoms with Gasteiger partial charge in [0.2, 0.25) is 5.91 Å². The number of hydrogen-bond donors (Lipinski definition) is 1. The standard InChI is InChI=1S/C7H8N3O2/c11-6-2-1-3-10(6)5-4-8-7(12)9-5/h5H,1-3H2,(H,9,12). The van der Waals surface area contributed by atoms with Gasteiger partial charge in [-0.25, -0.2) is 4.79 Å². The van der Waals surface area contributed by atoms with Crippen LogP contribution in [0.3, 0.4) is 0 Å². The summed E-state index contributed by atoms with van der Waals surface area (Å²) in [5.41, 5.74) is 0. The first kappa shape index (κ1) is 7.27. The molecule has 1 radical (unpaired) electrons. The van der Waals surface area contributed by atoms with Gasteiger partial charge in [0.25, 0.3) is 0 Å². The molecule has 1 fully saturated rings. The van der Waals surface area contributed by atoms with E-state index in [2.05, 4.69) is 16.5 Å². The summed E-state index contributed by atoms with van der Waals surface area (Å²) >= 11 is 0. The molecular weight excluding hydrogens is 158 g/mol. The van der Waals surface area contributed by atoms with E-state index in [1.807, 2.05) is 0 Å². The van der Waals surface area contributed by atoms with Crippen LogP contribution in [0.1, 0.15) is 12.8 Å². The normalized spacial score (nSPS) is 28.3. The Balaban J connectivity index is 2.06. The maximum Gasteiger partial charge on any atom is 0.343 e. The summed E-state index contributed by atoms with van der Waals surface area (Å²) in [5.74, 6) is 0.0601. The lowest BCUT2D eigenvalue weighted by molar-refractivity contribution is -0.128. The van der Waals surface area contributed by atoms with Gasteiger partial charge < -0.3 is 10.2 Å². The van der Waals surface area contributed by atoms with Gasteiger partial charge in [-0.3, -0.25) is 4.79 Å². The van der Waals surface area contributed by atoms with Crippen LogP contribution in [0.25, 0.3) is 0 Å². The van der Waals surface area contributed by atoms with Crippen LogP contribution >= 0.6 is 0 Å². The van der Waals surface area contributed by atoms with Crippen LogP contribution < -0.4 is 5.32 Å². The van der Waals surface area contributed by atoms with Gasteiger partial charge in [0.05, 0.1) is 0 Å². The molecule has 0 bridgehead atoms. The van der Waals surface area contributed by atoms with E-state index in [1.165, 1.54) is 0 Å². The minimum atomic E-state index is -0.424. The number of carbonyl (C=O) groups excluding carboxylic acids is 2. The second-order valence-electron chi connectivity index (χ2n) is 2.78. The molecule has 2 aliphatic rings. The van der Waals surface area contributed by atoms with Crippen molar-refractivity contribution in [3.8, 4) is 0 Å². The molecule has 0 saturated carbocycles. The molecule has 1 saturated heterocycles. The van der Waals surface area contributed by atoms with Gasteiger partial charge in [-0.2, -0.15) is 4.99 Å². The fourth-order valence-electron chi connectivity index (χ4n) is 1.39. The van der Waals surface area contributed by atoms with Crippen LogP contribution in [0, 0.1) is 0 Å². The summed E-state index contributed by atoms with van der Waals surface area (Å²) in [6, 6.07) is -0.417. The SMILES string of the molecule is O=C1N=[C]C(N2CCCC2=O)N1. The third-order valence-electron chi connectivity index (χ3n) is 1.97. The fraction of sp³-hybridized carbons (Fsp3) is 0.571. The van der Waals surface area contributed by atoms with E-state index in [9.17, 15) is 9.59 Å². The number of urea groups is 1. The molecular formula is C7H8N3O2. The topological polar surface area (TPSA) is 61.8 Å². The molecule has 0 aliphatic carbocycles. The highest BCUT2D eigenvalue weighted by molar-refractivity contribution is 5.95. The van der Waals surface area contributed by atoms with Crippen LogP contribution in [0.5, 0.6) is 0 Å². The number of amides is 3. The quantitative estimate of drug-likeness (QED) is 0.576. The molecule has 1 N–H and O–H groups in total. The smallest absolute Gasteiger partial charge is 0.317 e. The van der Waals surface area contributed by atoms with Gasteiger partial charge in [0, 0.05) is 13.0 Å². The molecule has 0 aromatic carbocycles. The van der Waals surface area contributed by atoms with E-state index < -0.39 is 12.2 Å². The predicted molar refractivity (Wildman–Crippen MR) is 40.7 cm³/mol. The number of nitrogens with one attached hydrogen (secondary N) is 1. The zero-order valence-electron chi connectivity index (χ0n) is 6.41. The second kappa shape index (κ2) is 2.58. The van der Waals surface area contributed by atoms with E-state index in [4.69, 9.17) is 0 Å². The molecule has 1 unspecified atom stereocenters. The Labute approximate surface area is 69.4 Å². The van der Waals surface area contributed by atoms with Crippen molar-refractivity contribution in [3.63, 3.8) is 0 Å². The van der Waals surface area contributed by atoms with Crippen LogP contribution in [0.15, 0.2) is 4.99 Å². The Kier molecular flexibility index (Phi) is 1.56. The molecule has 3 amide bonds. The molecule has 2 aliphatic heterocycles. The molecule has 1 atom stereocenters. The largest absolute Gasteiger partial charge is 0.343 e. The van der Waals surface area contributed by atoms with Crippen molar-refractivity contribution in [2.45, 2.75) is 19.0 Å². The zero-order chi connectivity index (χ0) is 8.55. The number of carbonyl (C=O) groups is 2. The van der Waals surface area contributed by atoms with Crippen LogP contribution in [0.4, 0.5) is 4.79 Å². The van der Waals surface area contributed by atoms with Gasteiger partial charge >= 0.3 is 6.03 Å². The van der Waals surface area contributed by atoms with Crippen molar-refractivity contribution in [1.82, 2.24) is 10.2 Å². The number of hydrogen-bond acceptors (Lipinski definition) is 2. The Bertz CT molecular complexity index is 261. The van der Waals surface area contributed by atoms with Crippen molar-refractivity contribution in [1.29, 1.82) is 0 Å². The summed E-state index contributed by atoms with van der Waals surface area (Å²) in [7, 11) is 0. The Morgan fingerprint density at radius 2 is 2.42 bits per heavy atom. The number of rotatable bonds is 1. The van der Waals surface area contributed by atoms with Gasteiger partial charge in [0.1, 0.15) is 6.21 Å². The van der Waals surface area contributed by atoms with Crippen molar-refractivity contribution < 1.29 is 9.59 Å². The lowest BCUT2D eigenvalue weighted by Crippen LogP contribution is -2.45. The Hall–Kier alpha value is -1.39. The van der Waals surface area contributed by atoms with Crippen LogP contribution in [-0.4, -0.2) is 35.8 Å². The number of likely N-dealkylation sites (tertiary alicyclic amines) is 1. The molecule has 5 heteroatoms. The first-order valence-electron chi connectivity index (χ1n) is 3.83. The minimum Gasteiger partial charge on any atom is -0.317 e. The Morgan fingerprint density at radius 1 is 1.58 bits per heavy atom. The van der Waals surface area contributed by atoms with Gasteiger partial charge in [-0.05, 0) is 6.42 Å². The third kappa shape index (κ3) is 1.07. The first-order chi connectivity index (χ1) is 5.77. The summed E-state index contributed by atoms with van der Waals surface area (Å²) in [6.45, 7) is 0.687. The van der Waals surface area contributed by atoms with Gasteiger partial charge in [-0.1, -0.05) is 0 Å². The van der Waals surface area contributed by atoms with Gasteiger partial charge in [-0.15, -0.1) is 0 Å². The first-order valence-corrected chi connectivity index (χ1v) is 3.83. The van der Waals surface area contributed by atoms with Crippen molar-refractivity contribution >= 4 is 18.2 Å². The molecule has 2 rings (SSSR count). The molecule has 12 heavy (non-hydrogen) atoms. The maximum absolute atomic E-state index is 11.2. The molecule has 63 valence electrons. The highest BCUT2D eigenvalue weighted by Gasteiger charge is 2.30. The van der Waals surface area contributed by atoms with Crippen molar-refractivity contribution in [3.05, 3.63) is 0 Å². The van der Waals surface area contributed by atoms with Crippen LogP contribution in [-0.2, 0) is 4.79 Å². The molecule has 2 heterocycles. The molecule has 0 aromatic rings. The highest BCUT2D eigenvalue weighted by Crippen LogP contribution is 2.12. The van der Waals surface area contributed by atoms with E-state index in [0.717, 1.165) is 6.42 Å². The monoisotopic (exact) mass is 166 g/mol. The van der Waals surface area contributed by atoms with Crippen LogP contribution in [0.2, 0.25) is 0 Å². The lowest BCUT2D eigenvalue weighted by Gasteiger charge is -2.20. The average Bonchev–Trinajstić information content (AvgIpc) is 2.58. The minimum absolute atomic E-state index is 0.0601. The van der Waals surface area contributed by atoms with Crippen molar-refractivity contribution in [2.24, 2.45) is 4.99 Å². The van der Waals surface area contributed by atoms with E-state index in [-0.39, 0.29) is 5.91 Å². The molecule has 0 aromatic heterocycles. The lowest BCUT2D eigenvalue weighted by atomic mass is 10.4. The summed E-state index contributed by atoms with van der Waals surface area (Å²) in [4.78, 5) is 26.8. The van der Waals surface area contributed by atoms with E-state index >= 15 is 0 Å². The maximum atomic E-state index is 11.2. The Morgan fingerprint density at radius 3 is 2.92 bits per heavy atom. The van der Waals surface area contributed by atoms with Crippen molar-refractivity contribution in [2.75, 3.05) is 6.54 Å². The zero-order valence-corrected chi connectivity index (χ0v) is 6.41. The average molecular weight is 166 g/mol.